The molecular formula is C12H16N2O3. The molecule has 0 aliphatic rings. The zero-order valence-corrected chi connectivity index (χ0v) is 9.72. The standard InChI is InChI=1S/C12H16N2O3/c1-2-17-8-7-12(16)14-13-9-10-3-5-11(15)6-4-10/h3-6,9,15H,2,7-8H2,1H3,(H,14,16)/b13-9+. The Morgan fingerprint density at radius 3 is 2.82 bits per heavy atom. The van der Waals surface area contributed by atoms with E-state index < -0.39 is 0 Å². The fourth-order valence-electron chi connectivity index (χ4n) is 1.10. The van der Waals surface area contributed by atoms with Crippen molar-refractivity contribution in [2.24, 2.45) is 5.10 Å². The maximum absolute atomic E-state index is 11.2. The van der Waals surface area contributed by atoms with Gasteiger partial charge in [-0.15, -0.1) is 0 Å². The number of ether oxygens (including phenoxy) is 1. The van der Waals surface area contributed by atoms with Crippen LogP contribution in [0.2, 0.25) is 0 Å². The molecule has 0 saturated heterocycles. The molecule has 0 radical (unpaired) electrons. The lowest BCUT2D eigenvalue weighted by Crippen LogP contribution is -2.19. The van der Waals surface area contributed by atoms with E-state index in [9.17, 15) is 4.79 Å². The number of phenolic OH excluding ortho intramolecular Hbond substituents is 1. The second-order valence-corrected chi connectivity index (χ2v) is 3.33. The van der Waals surface area contributed by atoms with Crippen molar-refractivity contribution in [1.29, 1.82) is 0 Å². The van der Waals surface area contributed by atoms with Gasteiger partial charge in [0.1, 0.15) is 5.75 Å². The third-order valence-corrected chi connectivity index (χ3v) is 1.97. The topological polar surface area (TPSA) is 70.9 Å². The Kier molecular flexibility index (Phi) is 5.74. The van der Waals surface area contributed by atoms with Crippen LogP contribution in [-0.4, -0.2) is 30.4 Å². The number of carbonyl (C=O) groups is 1. The first-order valence-corrected chi connectivity index (χ1v) is 5.41. The first-order chi connectivity index (χ1) is 8.22. The Labute approximate surface area is 100 Å². The van der Waals surface area contributed by atoms with Gasteiger partial charge in [-0.2, -0.15) is 5.10 Å². The molecule has 0 spiro atoms. The van der Waals surface area contributed by atoms with Crippen molar-refractivity contribution in [1.82, 2.24) is 5.43 Å². The van der Waals surface area contributed by atoms with Gasteiger partial charge in [-0.05, 0) is 36.8 Å². The molecule has 0 bridgehead atoms. The predicted octanol–water partition coefficient (Wildman–Crippen LogP) is 1.27. The normalized spacial score (nSPS) is 10.6. The van der Waals surface area contributed by atoms with Gasteiger partial charge in [0, 0.05) is 6.61 Å². The van der Waals surface area contributed by atoms with Crippen LogP contribution in [0.1, 0.15) is 18.9 Å². The molecule has 0 atom stereocenters. The summed E-state index contributed by atoms with van der Waals surface area (Å²) in [5.74, 6) is 0.0105. The van der Waals surface area contributed by atoms with Crippen LogP contribution in [0.4, 0.5) is 0 Å². The first-order valence-electron chi connectivity index (χ1n) is 5.41. The lowest BCUT2D eigenvalue weighted by molar-refractivity contribution is -0.122. The van der Waals surface area contributed by atoms with Gasteiger partial charge in [-0.1, -0.05) is 0 Å². The molecule has 92 valence electrons. The van der Waals surface area contributed by atoms with Gasteiger partial charge in [0.05, 0.1) is 19.2 Å². The lowest BCUT2D eigenvalue weighted by atomic mass is 10.2. The van der Waals surface area contributed by atoms with Crippen molar-refractivity contribution in [2.75, 3.05) is 13.2 Å². The van der Waals surface area contributed by atoms with Crippen LogP contribution in [0.3, 0.4) is 0 Å². The highest BCUT2D eigenvalue weighted by Crippen LogP contribution is 2.07. The molecule has 0 aliphatic carbocycles. The zero-order valence-electron chi connectivity index (χ0n) is 9.72. The number of hydrazone groups is 1. The van der Waals surface area contributed by atoms with Gasteiger partial charge < -0.3 is 9.84 Å². The maximum atomic E-state index is 11.2. The summed E-state index contributed by atoms with van der Waals surface area (Å²) in [6.07, 6.45) is 1.80. The third kappa shape index (κ3) is 5.67. The molecule has 1 aromatic rings. The molecule has 0 aromatic heterocycles. The highest BCUT2D eigenvalue weighted by Gasteiger charge is 1.97. The molecule has 0 aliphatic heterocycles. The third-order valence-electron chi connectivity index (χ3n) is 1.97. The fraction of sp³-hybridized carbons (Fsp3) is 0.333. The van der Waals surface area contributed by atoms with Gasteiger partial charge >= 0.3 is 0 Å². The average Bonchev–Trinajstić information content (AvgIpc) is 2.32. The molecule has 1 amide bonds. The SMILES string of the molecule is CCOCCC(=O)N/N=C/c1ccc(O)cc1. The van der Waals surface area contributed by atoms with Crippen LogP contribution in [0.25, 0.3) is 0 Å². The molecule has 0 fully saturated rings. The van der Waals surface area contributed by atoms with Crippen molar-refractivity contribution >= 4 is 12.1 Å². The van der Waals surface area contributed by atoms with Gasteiger partial charge in [0.25, 0.3) is 0 Å². The highest BCUT2D eigenvalue weighted by atomic mass is 16.5. The van der Waals surface area contributed by atoms with Crippen molar-refractivity contribution < 1.29 is 14.6 Å². The molecule has 1 aromatic carbocycles. The molecule has 0 unspecified atom stereocenters. The van der Waals surface area contributed by atoms with E-state index in [1.165, 1.54) is 6.21 Å². The van der Waals surface area contributed by atoms with Gasteiger partial charge in [-0.25, -0.2) is 5.43 Å². The largest absolute Gasteiger partial charge is 0.508 e. The summed E-state index contributed by atoms with van der Waals surface area (Å²) in [5.41, 5.74) is 3.19. The van der Waals surface area contributed by atoms with Crippen molar-refractivity contribution in [3.05, 3.63) is 29.8 Å². The zero-order chi connectivity index (χ0) is 12.5. The predicted molar refractivity (Wildman–Crippen MR) is 65.0 cm³/mol. The summed E-state index contributed by atoms with van der Waals surface area (Å²) >= 11 is 0. The average molecular weight is 236 g/mol. The van der Waals surface area contributed by atoms with Gasteiger partial charge in [0.2, 0.25) is 5.91 Å². The maximum Gasteiger partial charge on any atom is 0.242 e. The first kappa shape index (κ1) is 13.2. The van der Waals surface area contributed by atoms with E-state index in [2.05, 4.69) is 10.5 Å². The number of benzene rings is 1. The Morgan fingerprint density at radius 2 is 2.18 bits per heavy atom. The summed E-state index contributed by atoms with van der Waals surface area (Å²) in [4.78, 5) is 11.2. The summed E-state index contributed by atoms with van der Waals surface area (Å²) in [6.45, 7) is 2.88. The summed E-state index contributed by atoms with van der Waals surface area (Å²) in [7, 11) is 0. The number of amides is 1. The van der Waals surface area contributed by atoms with Crippen LogP contribution in [0.5, 0.6) is 5.75 Å². The Morgan fingerprint density at radius 1 is 1.47 bits per heavy atom. The van der Waals surface area contributed by atoms with Gasteiger partial charge in [0.15, 0.2) is 0 Å². The Hall–Kier alpha value is -1.88. The number of carbonyl (C=O) groups excluding carboxylic acids is 1. The molecule has 1 rings (SSSR count). The minimum absolute atomic E-state index is 0.187. The smallest absolute Gasteiger partial charge is 0.242 e. The van der Waals surface area contributed by atoms with Crippen LogP contribution >= 0.6 is 0 Å². The lowest BCUT2D eigenvalue weighted by Gasteiger charge is -2.00. The van der Waals surface area contributed by atoms with E-state index in [0.717, 1.165) is 5.56 Å². The molecule has 2 N–H and O–H groups in total. The Bertz CT molecular complexity index is 374. The number of nitrogens with zero attached hydrogens (tertiary/aromatic N) is 1. The Balaban J connectivity index is 2.29. The van der Waals surface area contributed by atoms with E-state index in [1.54, 1.807) is 24.3 Å². The molecule has 0 heterocycles. The second-order valence-electron chi connectivity index (χ2n) is 3.33. The number of rotatable bonds is 6. The van der Waals surface area contributed by atoms with Gasteiger partial charge in [-0.3, -0.25) is 4.79 Å². The van der Waals surface area contributed by atoms with Crippen molar-refractivity contribution in [2.45, 2.75) is 13.3 Å². The molecular weight excluding hydrogens is 220 g/mol. The number of hydrogen-bond acceptors (Lipinski definition) is 4. The van der Waals surface area contributed by atoms with E-state index in [4.69, 9.17) is 9.84 Å². The van der Waals surface area contributed by atoms with Crippen LogP contribution in [0, 0.1) is 0 Å². The molecule has 5 heteroatoms. The van der Waals surface area contributed by atoms with Crippen molar-refractivity contribution in [3.8, 4) is 5.75 Å². The summed E-state index contributed by atoms with van der Waals surface area (Å²) in [5, 5.41) is 12.9. The number of phenols is 1. The fourth-order valence-corrected chi connectivity index (χ4v) is 1.10. The van der Waals surface area contributed by atoms with E-state index in [1.807, 2.05) is 6.92 Å². The molecule has 5 nitrogen and oxygen atoms in total. The number of aromatic hydroxyl groups is 1. The minimum Gasteiger partial charge on any atom is -0.508 e. The molecule has 17 heavy (non-hydrogen) atoms. The highest BCUT2D eigenvalue weighted by molar-refractivity contribution is 5.82. The van der Waals surface area contributed by atoms with E-state index in [0.29, 0.717) is 19.6 Å². The second kappa shape index (κ2) is 7.40. The van der Waals surface area contributed by atoms with E-state index in [-0.39, 0.29) is 11.7 Å². The van der Waals surface area contributed by atoms with Crippen LogP contribution in [0.15, 0.2) is 29.4 Å². The van der Waals surface area contributed by atoms with Crippen LogP contribution in [-0.2, 0) is 9.53 Å². The minimum atomic E-state index is -0.187. The quantitative estimate of drug-likeness (QED) is 0.444. The van der Waals surface area contributed by atoms with E-state index >= 15 is 0 Å². The molecule has 0 saturated carbocycles. The summed E-state index contributed by atoms with van der Waals surface area (Å²) in [6, 6.07) is 6.51. The monoisotopic (exact) mass is 236 g/mol. The van der Waals surface area contributed by atoms with Crippen molar-refractivity contribution in [3.63, 3.8) is 0 Å². The number of hydrogen-bond donors (Lipinski definition) is 2. The van der Waals surface area contributed by atoms with Crippen LogP contribution < -0.4 is 5.43 Å². The summed E-state index contributed by atoms with van der Waals surface area (Å²) < 4.78 is 5.04. The number of nitrogens with one attached hydrogen (secondary N) is 1.